The number of carbonyl (C=O) groups excluding carboxylic acids is 1. The van der Waals surface area contributed by atoms with E-state index in [9.17, 15) is 13.6 Å². The van der Waals surface area contributed by atoms with Crippen molar-refractivity contribution in [1.82, 2.24) is 9.97 Å². The Morgan fingerprint density at radius 3 is 2.52 bits per heavy atom. The maximum atomic E-state index is 13.7. The highest BCUT2D eigenvalue weighted by molar-refractivity contribution is 6.03. The Balaban J connectivity index is 1.83. The van der Waals surface area contributed by atoms with Gasteiger partial charge in [-0.05, 0) is 36.8 Å². The first-order valence-corrected chi connectivity index (χ1v) is 7.97. The second-order valence-electron chi connectivity index (χ2n) is 5.67. The number of ether oxygens (including phenoxy) is 1. The minimum Gasteiger partial charge on any atom is -0.495 e. The number of para-hydroxylation sites is 1. The van der Waals surface area contributed by atoms with Gasteiger partial charge < -0.3 is 15.4 Å². The van der Waals surface area contributed by atoms with Crippen LogP contribution in [0.5, 0.6) is 5.75 Å². The van der Waals surface area contributed by atoms with Crippen molar-refractivity contribution in [3.8, 4) is 5.75 Å². The number of amides is 1. The van der Waals surface area contributed by atoms with Gasteiger partial charge in [-0.25, -0.2) is 18.7 Å². The van der Waals surface area contributed by atoms with Crippen molar-refractivity contribution in [2.75, 3.05) is 17.7 Å². The predicted octanol–water partition coefficient (Wildman–Crippen LogP) is 4.07. The van der Waals surface area contributed by atoms with Gasteiger partial charge in [-0.2, -0.15) is 0 Å². The molecule has 0 fully saturated rings. The van der Waals surface area contributed by atoms with Crippen LogP contribution in [0.3, 0.4) is 0 Å². The van der Waals surface area contributed by atoms with E-state index in [2.05, 4.69) is 20.6 Å². The summed E-state index contributed by atoms with van der Waals surface area (Å²) in [5.41, 5.74) is 1.07. The van der Waals surface area contributed by atoms with Crippen LogP contribution in [-0.4, -0.2) is 23.0 Å². The zero-order chi connectivity index (χ0) is 19.4. The summed E-state index contributed by atoms with van der Waals surface area (Å²) in [6.07, 6.45) is 1.18. The molecule has 0 saturated heterocycles. The molecule has 0 aliphatic carbocycles. The minimum absolute atomic E-state index is 0.0539. The third-order valence-electron chi connectivity index (χ3n) is 3.72. The molecule has 0 aliphatic heterocycles. The fourth-order valence-corrected chi connectivity index (χ4v) is 2.40. The molecule has 138 valence electrons. The van der Waals surface area contributed by atoms with Gasteiger partial charge in [-0.3, -0.25) is 4.79 Å². The summed E-state index contributed by atoms with van der Waals surface area (Å²) in [5, 5.41) is 5.23. The van der Waals surface area contributed by atoms with E-state index < -0.39 is 23.2 Å². The van der Waals surface area contributed by atoms with Crippen molar-refractivity contribution in [3.05, 3.63) is 71.7 Å². The van der Waals surface area contributed by atoms with Crippen molar-refractivity contribution in [2.24, 2.45) is 0 Å². The van der Waals surface area contributed by atoms with Gasteiger partial charge in [-0.15, -0.1) is 0 Å². The Morgan fingerprint density at radius 1 is 1.07 bits per heavy atom. The molecule has 0 radical (unpaired) electrons. The molecule has 2 aromatic carbocycles. The summed E-state index contributed by atoms with van der Waals surface area (Å²) in [6, 6.07) is 10.2. The molecule has 27 heavy (non-hydrogen) atoms. The molecule has 0 spiro atoms. The molecule has 2 N–H and O–H groups in total. The van der Waals surface area contributed by atoms with Gasteiger partial charge >= 0.3 is 0 Å². The fourth-order valence-electron chi connectivity index (χ4n) is 2.40. The van der Waals surface area contributed by atoms with Gasteiger partial charge in [0.2, 0.25) is 0 Å². The van der Waals surface area contributed by atoms with E-state index in [1.807, 2.05) is 19.1 Å². The number of methoxy groups -OCH3 is 1. The number of nitrogens with zero attached hydrogens (tertiary/aromatic N) is 2. The van der Waals surface area contributed by atoms with E-state index in [1.54, 1.807) is 6.07 Å². The molecular weight excluding hydrogens is 354 g/mol. The Hall–Kier alpha value is -3.55. The van der Waals surface area contributed by atoms with Crippen LogP contribution in [0.25, 0.3) is 0 Å². The Labute approximate surface area is 154 Å². The molecular formula is C19H16F2N4O2. The minimum atomic E-state index is -0.875. The van der Waals surface area contributed by atoms with E-state index in [4.69, 9.17) is 4.74 Å². The molecule has 0 bridgehead atoms. The molecule has 0 saturated carbocycles. The number of carbonyl (C=O) groups is 1. The van der Waals surface area contributed by atoms with E-state index in [0.29, 0.717) is 17.3 Å². The molecule has 0 atom stereocenters. The number of anilines is 3. The highest BCUT2D eigenvalue weighted by atomic mass is 19.1. The van der Waals surface area contributed by atoms with Crippen LogP contribution in [-0.2, 0) is 0 Å². The lowest BCUT2D eigenvalue weighted by atomic mass is 10.2. The second kappa shape index (κ2) is 7.77. The first-order chi connectivity index (χ1) is 13.0. The molecule has 1 heterocycles. The number of nitrogens with one attached hydrogen (secondary N) is 2. The summed E-state index contributed by atoms with van der Waals surface area (Å²) in [4.78, 5) is 20.2. The van der Waals surface area contributed by atoms with Crippen LogP contribution in [0, 0.1) is 18.6 Å². The lowest BCUT2D eigenvalue weighted by molar-refractivity contribution is 0.102. The SMILES string of the molecule is COc1ccc(C)cc1Nc1cc(C(=O)Nc2c(F)cccc2F)ncn1. The van der Waals surface area contributed by atoms with E-state index in [-0.39, 0.29) is 5.69 Å². The first kappa shape index (κ1) is 18.2. The summed E-state index contributed by atoms with van der Waals surface area (Å²) in [7, 11) is 1.54. The molecule has 8 heteroatoms. The number of aromatic nitrogens is 2. The largest absolute Gasteiger partial charge is 0.495 e. The quantitative estimate of drug-likeness (QED) is 0.708. The van der Waals surface area contributed by atoms with Crippen molar-refractivity contribution in [1.29, 1.82) is 0 Å². The highest BCUT2D eigenvalue weighted by Gasteiger charge is 2.15. The van der Waals surface area contributed by atoms with Gasteiger partial charge in [-0.1, -0.05) is 12.1 Å². The van der Waals surface area contributed by atoms with Gasteiger partial charge in [0.1, 0.15) is 40.9 Å². The molecule has 1 aromatic heterocycles. The summed E-state index contributed by atoms with van der Waals surface area (Å²) < 4.78 is 32.7. The molecule has 3 aromatic rings. The third-order valence-corrected chi connectivity index (χ3v) is 3.72. The predicted molar refractivity (Wildman–Crippen MR) is 97.4 cm³/mol. The summed E-state index contributed by atoms with van der Waals surface area (Å²) >= 11 is 0. The van der Waals surface area contributed by atoms with Gasteiger partial charge in [0.15, 0.2) is 0 Å². The number of hydrogen-bond donors (Lipinski definition) is 2. The van der Waals surface area contributed by atoms with E-state index >= 15 is 0 Å². The van der Waals surface area contributed by atoms with Crippen LogP contribution in [0.2, 0.25) is 0 Å². The van der Waals surface area contributed by atoms with Crippen molar-refractivity contribution in [3.63, 3.8) is 0 Å². The van der Waals surface area contributed by atoms with Gasteiger partial charge in [0.25, 0.3) is 5.91 Å². The standard InChI is InChI=1S/C19H16F2N4O2/c1-11-6-7-16(27-2)14(8-11)24-17-9-15(22-10-23-17)19(26)25-18-12(20)4-3-5-13(18)21/h3-10H,1-2H3,(H,25,26)(H,22,23,24). The second-order valence-corrected chi connectivity index (χ2v) is 5.67. The number of halogens is 2. The summed E-state index contributed by atoms with van der Waals surface area (Å²) in [6.45, 7) is 1.92. The van der Waals surface area contributed by atoms with Crippen LogP contribution >= 0.6 is 0 Å². The topological polar surface area (TPSA) is 76.1 Å². The monoisotopic (exact) mass is 370 g/mol. The zero-order valence-corrected chi connectivity index (χ0v) is 14.6. The van der Waals surface area contributed by atoms with E-state index in [1.165, 1.54) is 25.6 Å². The fraction of sp³-hybridized carbons (Fsp3) is 0.105. The molecule has 3 rings (SSSR count). The molecule has 0 aliphatic rings. The van der Waals surface area contributed by atoms with Gasteiger partial charge in [0, 0.05) is 6.07 Å². The average molecular weight is 370 g/mol. The summed E-state index contributed by atoms with van der Waals surface area (Å²) in [5.74, 6) is -1.59. The van der Waals surface area contributed by atoms with E-state index in [0.717, 1.165) is 17.7 Å². The van der Waals surface area contributed by atoms with Crippen LogP contribution in [0.1, 0.15) is 16.1 Å². The van der Waals surface area contributed by atoms with Crippen LogP contribution in [0.4, 0.5) is 26.0 Å². The molecule has 0 unspecified atom stereocenters. The third kappa shape index (κ3) is 4.17. The van der Waals surface area contributed by atoms with Crippen molar-refractivity contribution < 1.29 is 18.3 Å². The van der Waals surface area contributed by atoms with Crippen LogP contribution < -0.4 is 15.4 Å². The molecule has 1 amide bonds. The maximum absolute atomic E-state index is 13.7. The maximum Gasteiger partial charge on any atom is 0.274 e. The number of rotatable bonds is 5. The Kier molecular flexibility index (Phi) is 5.25. The lowest BCUT2D eigenvalue weighted by Crippen LogP contribution is -2.16. The number of benzene rings is 2. The Bertz CT molecular complexity index is 975. The highest BCUT2D eigenvalue weighted by Crippen LogP contribution is 2.28. The smallest absolute Gasteiger partial charge is 0.274 e. The number of hydrogen-bond acceptors (Lipinski definition) is 5. The zero-order valence-electron chi connectivity index (χ0n) is 14.6. The lowest BCUT2D eigenvalue weighted by Gasteiger charge is -2.12. The normalized spacial score (nSPS) is 10.4. The molecule has 6 nitrogen and oxygen atoms in total. The number of aryl methyl sites for hydroxylation is 1. The first-order valence-electron chi connectivity index (χ1n) is 7.97. The van der Waals surface area contributed by atoms with Gasteiger partial charge in [0.05, 0.1) is 12.8 Å². The van der Waals surface area contributed by atoms with Crippen LogP contribution in [0.15, 0.2) is 48.8 Å². The van der Waals surface area contributed by atoms with Crippen molar-refractivity contribution in [2.45, 2.75) is 6.92 Å². The van der Waals surface area contributed by atoms with Crippen molar-refractivity contribution >= 4 is 23.1 Å². The average Bonchev–Trinajstić information content (AvgIpc) is 2.65. The Morgan fingerprint density at radius 2 is 1.81 bits per heavy atom.